The van der Waals surface area contributed by atoms with Crippen molar-refractivity contribution in [3.8, 4) is 5.75 Å². The van der Waals surface area contributed by atoms with Crippen molar-refractivity contribution in [3.05, 3.63) is 50.5 Å². The third kappa shape index (κ3) is 4.15. The van der Waals surface area contributed by atoms with Gasteiger partial charge in [-0.15, -0.1) is 0 Å². The Bertz CT molecular complexity index is 948. The molecule has 1 unspecified atom stereocenters. The second-order valence-electron chi connectivity index (χ2n) is 5.89. The van der Waals surface area contributed by atoms with Gasteiger partial charge in [0.1, 0.15) is 6.54 Å². The molecule has 2 aromatic rings. The molecule has 1 N–H and O–H groups in total. The van der Waals surface area contributed by atoms with Crippen LogP contribution >= 0.6 is 23.2 Å². The van der Waals surface area contributed by atoms with Crippen molar-refractivity contribution in [1.82, 2.24) is 4.98 Å². The van der Waals surface area contributed by atoms with Crippen molar-refractivity contribution in [1.29, 1.82) is 0 Å². The fourth-order valence-electron chi connectivity index (χ4n) is 2.68. The van der Waals surface area contributed by atoms with Crippen molar-refractivity contribution in [3.63, 3.8) is 0 Å². The summed E-state index contributed by atoms with van der Waals surface area (Å²) in [6.07, 6.45) is -0.457. The van der Waals surface area contributed by atoms with Gasteiger partial charge in [0.25, 0.3) is 11.7 Å². The second kappa shape index (κ2) is 7.99. The van der Waals surface area contributed by atoms with E-state index in [9.17, 15) is 19.7 Å². The van der Waals surface area contributed by atoms with Crippen LogP contribution in [0.4, 0.5) is 17.3 Å². The number of nitrogens with zero attached hydrogens (tertiary/aromatic N) is 3. The zero-order chi connectivity index (χ0) is 20.4. The highest BCUT2D eigenvalue weighted by molar-refractivity contribution is 6.35. The molecule has 9 nitrogen and oxygen atoms in total. The molecule has 0 fully saturated rings. The molecule has 28 heavy (non-hydrogen) atoms. The topological polar surface area (TPSA) is 115 Å². The maximum atomic E-state index is 12.7. The summed E-state index contributed by atoms with van der Waals surface area (Å²) in [6.45, 7) is 1.34. The Kier molecular flexibility index (Phi) is 5.66. The van der Waals surface area contributed by atoms with Crippen LogP contribution in [0.15, 0.2) is 30.3 Å². The fraction of sp³-hybridized carbons (Fsp3) is 0.235. The number of aromatic nitrogens is 1. The van der Waals surface area contributed by atoms with Crippen LogP contribution in [0, 0.1) is 10.1 Å². The van der Waals surface area contributed by atoms with Crippen molar-refractivity contribution < 1.29 is 19.2 Å². The van der Waals surface area contributed by atoms with Crippen LogP contribution in [0.5, 0.6) is 5.75 Å². The molecule has 1 aromatic heterocycles. The van der Waals surface area contributed by atoms with Crippen molar-refractivity contribution in [2.45, 2.75) is 19.4 Å². The van der Waals surface area contributed by atoms with E-state index in [0.717, 1.165) is 4.90 Å². The normalized spacial score (nSPS) is 15.6. The van der Waals surface area contributed by atoms with E-state index in [2.05, 4.69) is 10.3 Å². The van der Waals surface area contributed by atoms with E-state index in [4.69, 9.17) is 27.9 Å². The minimum Gasteiger partial charge on any atom is -0.474 e. The highest BCUT2D eigenvalue weighted by atomic mass is 35.5. The first-order valence-corrected chi connectivity index (χ1v) is 8.93. The lowest BCUT2D eigenvalue weighted by Crippen LogP contribution is -2.49. The maximum Gasteiger partial charge on any atom is 0.366 e. The van der Waals surface area contributed by atoms with Crippen LogP contribution in [-0.2, 0) is 9.59 Å². The fourth-order valence-corrected chi connectivity index (χ4v) is 3.20. The lowest BCUT2D eigenvalue weighted by molar-refractivity contribution is -0.389. The average Bonchev–Trinajstić information content (AvgIpc) is 2.62. The average molecular weight is 425 g/mol. The molecule has 0 saturated carbocycles. The molecule has 11 heteroatoms. The Morgan fingerprint density at radius 2 is 2.00 bits per heavy atom. The zero-order valence-corrected chi connectivity index (χ0v) is 16.0. The minimum absolute atomic E-state index is 0.0804. The zero-order valence-electron chi connectivity index (χ0n) is 14.5. The molecule has 1 atom stereocenters. The Balaban J connectivity index is 1.88. The highest BCUT2D eigenvalue weighted by Crippen LogP contribution is 2.34. The molecule has 146 valence electrons. The number of rotatable bonds is 5. The van der Waals surface area contributed by atoms with Crippen LogP contribution in [0.3, 0.4) is 0 Å². The van der Waals surface area contributed by atoms with Crippen LogP contribution in [0.2, 0.25) is 10.0 Å². The molecule has 2 heterocycles. The number of anilines is 2. The number of pyridine rings is 1. The van der Waals surface area contributed by atoms with Crippen LogP contribution in [0.25, 0.3) is 0 Å². The lowest BCUT2D eigenvalue weighted by Gasteiger charge is -2.30. The lowest BCUT2D eigenvalue weighted by atomic mass is 10.2. The summed E-state index contributed by atoms with van der Waals surface area (Å²) in [7, 11) is 0. The van der Waals surface area contributed by atoms with Crippen molar-refractivity contribution in [2.75, 3.05) is 16.8 Å². The number of hydrogen-bond acceptors (Lipinski definition) is 6. The summed E-state index contributed by atoms with van der Waals surface area (Å²) in [4.78, 5) is 40.4. The van der Waals surface area contributed by atoms with E-state index >= 15 is 0 Å². The molecule has 1 aliphatic rings. The first kappa shape index (κ1) is 19.8. The van der Waals surface area contributed by atoms with Gasteiger partial charge in [0, 0.05) is 21.8 Å². The van der Waals surface area contributed by atoms with Crippen LogP contribution in [0.1, 0.15) is 13.3 Å². The van der Waals surface area contributed by atoms with Crippen molar-refractivity contribution in [2.24, 2.45) is 0 Å². The number of carbonyl (C=O) groups is 2. The molecule has 1 aromatic carbocycles. The van der Waals surface area contributed by atoms with Gasteiger partial charge in [0.2, 0.25) is 5.91 Å². The van der Waals surface area contributed by atoms with Crippen molar-refractivity contribution >= 4 is 52.3 Å². The highest BCUT2D eigenvalue weighted by Gasteiger charge is 2.39. The monoisotopic (exact) mass is 424 g/mol. The first-order chi connectivity index (χ1) is 13.3. The number of hydrogen-bond donors (Lipinski definition) is 1. The molecule has 0 aliphatic carbocycles. The summed E-state index contributed by atoms with van der Waals surface area (Å²) < 4.78 is 5.55. The van der Waals surface area contributed by atoms with Gasteiger partial charge in [-0.2, -0.15) is 0 Å². The molecule has 0 bridgehead atoms. The quantitative estimate of drug-likeness (QED) is 0.580. The largest absolute Gasteiger partial charge is 0.474 e. The number of halogens is 2. The molecule has 0 saturated heterocycles. The number of carbonyl (C=O) groups excluding carboxylic acids is 2. The summed E-state index contributed by atoms with van der Waals surface area (Å²) in [5.74, 6) is -1.42. The third-order valence-corrected chi connectivity index (χ3v) is 4.33. The number of amides is 2. The number of benzene rings is 1. The van der Waals surface area contributed by atoms with Gasteiger partial charge in [0.15, 0.2) is 11.9 Å². The summed E-state index contributed by atoms with van der Waals surface area (Å²) >= 11 is 11.8. The molecule has 0 spiro atoms. The number of fused-ring (bicyclic) bond motifs is 1. The van der Waals surface area contributed by atoms with Gasteiger partial charge >= 0.3 is 5.82 Å². The number of nitro groups is 1. The van der Waals surface area contributed by atoms with E-state index in [1.165, 1.54) is 30.3 Å². The van der Waals surface area contributed by atoms with E-state index in [1.54, 1.807) is 6.92 Å². The third-order valence-electron chi connectivity index (χ3n) is 3.90. The van der Waals surface area contributed by atoms with Gasteiger partial charge in [-0.05, 0) is 40.6 Å². The molecular formula is C17H14Cl2N4O5. The van der Waals surface area contributed by atoms with E-state index < -0.39 is 35.2 Å². The predicted octanol–water partition coefficient (Wildman–Crippen LogP) is 3.44. The Hall–Kier alpha value is -2.91. The molecule has 3 rings (SSSR count). The smallest absolute Gasteiger partial charge is 0.366 e. The predicted molar refractivity (Wildman–Crippen MR) is 103 cm³/mol. The summed E-state index contributed by atoms with van der Waals surface area (Å²) in [6, 6.07) is 7.04. The summed E-state index contributed by atoms with van der Waals surface area (Å²) in [5.41, 5.74) is 0.350. The number of ether oxygens (including phenoxy) is 1. The van der Waals surface area contributed by atoms with Gasteiger partial charge in [-0.25, -0.2) is 0 Å². The molecule has 0 radical (unpaired) electrons. The SMILES string of the molecule is CCC1Oc2ccc([N+](=O)[O-])nc2N(CC(=O)Nc2cc(Cl)cc(Cl)c2)C1=O. The van der Waals surface area contributed by atoms with Crippen LogP contribution in [-0.4, -0.2) is 34.4 Å². The van der Waals surface area contributed by atoms with Crippen LogP contribution < -0.4 is 15.0 Å². The molecule has 2 amide bonds. The van der Waals surface area contributed by atoms with Gasteiger partial charge < -0.3 is 20.2 Å². The minimum atomic E-state index is -0.816. The Morgan fingerprint density at radius 3 is 2.61 bits per heavy atom. The maximum absolute atomic E-state index is 12.7. The Morgan fingerprint density at radius 1 is 1.32 bits per heavy atom. The standard InChI is InChI=1S/C17H14Cl2N4O5/c1-2-12-17(25)22(16-13(28-12)3-4-14(21-16)23(26)27)8-15(24)20-11-6-9(18)5-10(19)7-11/h3-7,12H,2,8H2,1H3,(H,20,24). The van der Waals surface area contributed by atoms with Gasteiger partial charge in [-0.3, -0.25) is 14.5 Å². The van der Waals surface area contributed by atoms with Gasteiger partial charge in [0.05, 0.1) is 0 Å². The number of nitrogens with one attached hydrogen (secondary N) is 1. The van der Waals surface area contributed by atoms with E-state index in [-0.39, 0.29) is 11.6 Å². The van der Waals surface area contributed by atoms with Gasteiger partial charge in [-0.1, -0.05) is 30.1 Å². The molecular weight excluding hydrogens is 411 g/mol. The summed E-state index contributed by atoms with van der Waals surface area (Å²) in [5, 5.41) is 14.3. The van der Waals surface area contributed by atoms with E-state index in [0.29, 0.717) is 22.2 Å². The molecule has 1 aliphatic heterocycles. The van der Waals surface area contributed by atoms with E-state index in [1.807, 2.05) is 0 Å². The first-order valence-electron chi connectivity index (χ1n) is 8.18. The second-order valence-corrected chi connectivity index (χ2v) is 6.77. The Labute approximate surface area is 169 Å².